The van der Waals surface area contributed by atoms with Gasteiger partial charge in [-0.05, 0) is 37.5 Å². The molecule has 0 spiro atoms. The summed E-state index contributed by atoms with van der Waals surface area (Å²) in [5.74, 6) is -0.985. The maximum absolute atomic E-state index is 13.4. The van der Waals surface area contributed by atoms with Gasteiger partial charge in [0, 0.05) is 18.7 Å². The average molecular weight is 290 g/mol. The van der Waals surface area contributed by atoms with E-state index in [1.54, 1.807) is 6.07 Å². The second kappa shape index (κ2) is 7.02. The van der Waals surface area contributed by atoms with Crippen LogP contribution in [0.25, 0.3) is 0 Å². The topological polar surface area (TPSA) is 49.4 Å². The summed E-state index contributed by atoms with van der Waals surface area (Å²) < 4.78 is 13.4. The van der Waals surface area contributed by atoms with Gasteiger partial charge < -0.3 is 10.2 Å². The van der Waals surface area contributed by atoms with Crippen molar-refractivity contribution in [2.75, 3.05) is 18.5 Å². The third kappa shape index (κ3) is 3.90. The van der Waals surface area contributed by atoms with Gasteiger partial charge in [0.05, 0.1) is 0 Å². The number of halogens is 1. The van der Waals surface area contributed by atoms with Crippen LogP contribution < -0.4 is 10.2 Å². The largest absolute Gasteiger partial charge is 0.358 e. The maximum Gasteiger partial charge on any atom is 0.239 e. The summed E-state index contributed by atoms with van der Waals surface area (Å²) in [6, 6.07) is 5.77. The number of allylic oxidation sites excluding steroid dienone is 2. The molecule has 1 aromatic carbocycles. The van der Waals surface area contributed by atoms with E-state index in [0.717, 1.165) is 12.8 Å². The van der Waals surface area contributed by atoms with Crippen LogP contribution in [0.3, 0.4) is 0 Å². The lowest BCUT2D eigenvalue weighted by Crippen LogP contribution is -2.43. The summed E-state index contributed by atoms with van der Waals surface area (Å²) in [6.45, 7) is -0.0982. The summed E-state index contributed by atoms with van der Waals surface area (Å²) in [7, 11) is 1.51. The molecule has 4 nitrogen and oxygen atoms in total. The standard InChI is InChI=1S/C16H19FN2O2/c1-18-15(20)11-19(14-9-5-8-13(17)10-14)16(21)12-6-3-2-4-7-12/h2-3,5,8-10,12H,4,6-7,11H2,1H3,(H,18,20)/t12-/m0/s1. The summed E-state index contributed by atoms with van der Waals surface area (Å²) in [5.41, 5.74) is 0.415. The van der Waals surface area contributed by atoms with Crippen molar-refractivity contribution in [3.63, 3.8) is 0 Å². The molecule has 21 heavy (non-hydrogen) atoms. The van der Waals surface area contributed by atoms with E-state index in [2.05, 4.69) is 11.4 Å². The highest BCUT2D eigenvalue weighted by atomic mass is 19.1. The number of likely N-dealkylation sites (N-methyl/N-ethyl adjacent to an activating group) is 1. The van der Waals surface area contributed by atoms with Crippen LogP contribution in [0.2, 0.25) is 0 Å². The maximum atomic E-state index is 13.4. The van der Waals surface area contributed by atoms with Gasteiger partial charge in [0.25, 0.3) is 0 Å². The number of hydrogen-bond acceptors (Lipinski definition) is 2. The number of anilines is 1. The van der Waals surface area contributed by atoms with Gasteiger partial charge in [0.1, 0.15) is 12.4 Å². The molecule has 1 atom stereocenters. The first-order valence-corrected chi connectivity index (χ1v) is 7.04. The molecule has 0 aromatic heterocycles. The lowest BCUT2D eigenvalue weighted by atomic mass is 9.93. The first-order valence-electron chi connectivity index (χ1n) is 7.04. The summed E-state index contributed by atoms with van der Waals surface area (Å²) in [4.78, 5) is 25.7. The molecule has 1 aliphatic carbocycles. The minimum Gasteiger partial charge on any atom is -0.358 e. The van der Waals surface area contributed by atoms with Crippen LogP contribution in [0.1, 0.15) is 19.3 Å². The smallest absolute Gasteiger partial charge is 0.239 e. The zero-order valence-electron chi connectivity index (χ0n) is 12.0. The van der Waals surface area contributed by atoms with Gasteiger partial charge >= 0.3 is 0 Å². The van der Waals surface area contributed by atoms with Gasteiger partial charge in [0.2, 0.25) is 11.8 Å². The zero-order valence-corrected chi connectivity index (χ0v) is 12.0. The highest BCUT2D eigenvalue weighted by Crippen LogP contribution is 2.24. The van der Waals surface area contributed by atoms with Crippen LogP contribution in [0.5, 0.6) is 0 Å². The fourth-order valence-electron chi connectivity index (χ4n) is 2.40. The Morgan fingerprint density at radius 2 is 2.19 bits per heavy atom. The Morgan fingerprint density at radius 1 is 1.38 bits per heavy atom. The Labute approximate surface area is 123 Å². The fourth-order valence-corrected chi connectivity index (χ4v) is 2.40. The van der Waals surface area contributed by atoms with Gasteiger partial charge in [-0.3, -0.25) is 9.59 Å². The van der Waals surface area contributed by atoms with E-state index < -0.39 is 5.82 Å². The van der Waals surface area contributed by atoms with Crippen molar-refractivity contribution in [2.24, 2.45) is 5.92 Å². The molecule has 0 saturated carbocycles. The summed E-state index contributed by atoms with van der Waals surface area (Å²) in [6.07, 6.45) is 6.31. The molecule has 0 fully saturated rings. The molecule has 0 unspecified atom stereocenters. The molecule has 2 amide bonds. The van der Waals surface area contributed by atoms with E-state index in [9.17, 15) is 14.0 Å². The van der Waals surface area contributed by atoms with Gasteiger partial charge in [-0.15, -0.1) is 0 Å². The van der Waals surface area contributed by atoms with Gasteiger partial charge in [0.15, 0.2) is 0 Å². The van der Waals surface area contributed by atoms with Gasteiger partial charge in [-0.1, -0.05) is 18.2 Å². The molecule has 0 radical (unpaired) electrons. The van der Waals surface area contributed by atoms with Crippen molar-refractivity contribution in [2.45, 2.75) is 19.3 Å². The van der Waals surface area contributed by atoms with Crippen molar-refractivity contribution < 1.29 is 14.0 Å². The van der Waals surface area contributed by atoms with E-state index in [-0.39, 0.29) is 24.3 Å². The molecular weight excluding hydrogens is 271 g/mol. The number of benzene rings is 1. The number of rotatable bonds is 4. The lowest BCUT2D eigenvalue weighted by molar-refractivity contribution is -0.125. The third-order valence-corrected chi connectivity index (χ3v) is 3.58. The summed E-state index contributed by atoms with van der Waals surface area (Å²) in [5, 5.41) is 2.50. The van der Waals surface area contributed by atoms with Crippen molar-refractivity contribution >= 4 is 17.5 Å². The Kier molecular flexibility index (Phi) is 5.09. The molecule has 112 valence electrons. The van der Waals surface area contributed by atoms with Crippen molar-refractivity contribution in [3.05, 3.63) is 42.2 Å². The number of carbonyl (C=O) groups excluding carboxylic acids is 2. The predicted molar refractivity (Wildman–Crippen MR) is 79.3 cm³/mol. The Bertz CT molecular complexity index is 557. The van der Waals surface area contributed by atoms with Crippen LogP contribution >= 0.6 is 0 Å². The van der Waals surface area contributed by atoms with Crippen LogP contribution in [0.4, 0.5) is 10.1 Å². The number of nitrogens with one attached hydrogen (secondary N) is 1. The molecule has 1 aliphatic rings. The van der Waals surface area contributed by atoms with Crippen molar-refractivity contribution in [1.29, 1.82) is 0 Å². The highest BCUT2D eigenvalue weighted by Gasteiger charge is 2.27. The number of carbonyl (C=O) groups is 2. The Hall–Kier alpha value is -2.17. The highest BCUT2D eigenvalue weighted by molar-refractivity contribution is 6.00. The Morgan fingerprint density at radius 3 is 2.81 bits per heavy atom. The molecule has 0 bridgehead atoms. The van der Waals surface area contributed by atoms with E-state index in [1.165, 1.54) is 30.1 Å². The van der Waals surface area contributed by atoms with E-state index >= 15 is 0 Å². The van der Waals surface area contributed by atoms with Gasteiger partial charge in [-0.2, -0.15) is 0 Å². The second-order valence-corrected chi connectivity index (χ2v) is 5.06. The van der Waals surface area contributed by atoms with E-state index in [4.69, 9.17) is 0 Å². The van der Waals surface area contributed by atoms with Crippen molar-refractivity contribution in [1.82, 2.24) is 5.32 Å². The third-order valence-electron chi connectivity index (χ3n) is 3.58. The molecule has 0 saturated heterocycles. The minimum absolute atomic E-state index is 0.0982. The normalized spacial score (nSPS) is 17.3. The molecule has 5 heteroatoms. The molecule has 0 aliphatic heterocycles. The fraction of sp³-hybridized carbons (Fsp3) is 0.375. The number of nitrogens with zero attached hydrogens (tertiary/aromatic N) is 1. The quantitative estimate of drug-likeness (QED) is 0.865. The first-order chi connectivity index (χ1) is 10.1. The number of hydrogen-bond donors (Lipinski definition) is 1. The van der Waals surface area contributed by atoms with Crippen LogP contribution in [0, 0.1) is 11.7 Å². The Balaban J connectivity index is 2.24. The monoisotopic (exact) mass is 290 g/mol. The second-order valence-electron chi connectivity index (χ2n) is 5.06. The summed E-state index contributed by atoms with van der Waals surface area (Å²) >= 11 is 0. The van der Waals surface area contributed by atoms with Crippen molar-refractivity contribution in [3.8, 4) is 0 Å². The van der Waals surface area contributed by atoms with Crippen LogP contribution in [-0.4, -0.2) is 25.4 Å². The van der Waals surface area contributed by atoms with Crippen LogP contribution in [0.15, 0.2) is 36.4 Å². The molecule has 1 aromatic rings. The van der Waals surface area contributed by atoms with Gasteiger partial charge in [-0.25, -0.2) is 4.39 Å². The number of amides is 2. The zero-order chi connectivity index (χ0) is 15.2. The molecule has 2 rings (SSSR count). The van der Waals surface area contributed by atoms with Crippen LogP contribution in [-0.2, 0) is 9.59 Å². The predicted octanol–water partition coefficient (Wildman–Crippen LogP) is 2.26. The lowest BCUT2D eigenvalue weighted by Gasteiger charge is -2.27. The minimum atomic E-state index is -0.425. The van der Waals surface area contributed by atoms with E-state index in [1.807, 2.05) is 6.08 Å². The molecule has 1 N–H and O–H groups in total. The molecule has 0 heterocycles. The van der Waals surface area contributed by atoms with E-state index in [0.29, 0.717) is 12.1 Å². The molecular formula is C16H19FN2O2. The SMILES string of the molecule is CNC(=O)CN(C(=O)[C@H]1CC=CCC1)c1cccc(F)c1. The first kappa shape index (κ1) is 15.2. The average Bonchev–Trinajstić information content (AvgIpc) is 2.52.